The van der Waals surface area contributed by atoms with Crippen molar-refractivity contribution in [2.45, 2.75) is 18.9 Å². The molecule has 0 amide bonds. The highest BCUT2D eigenvalue weighted by Crippen LogP contribution is 2.25. The fraction of sp³-hybridized carbons (Fsp3) is 0.333. The molecule has 0 saturated carbocycles. The molecule has 2 aromatic rings. The van der Waals surface area contributed by atoms with E-state index in [-0.39, 0.29) is 12.2 Å². The van der Waals surface area contributed by atoms with Crippen LogP contribution in [0.1, 0.15) is 17.5 Å². The molecule has 5 nitrogen and oxygen atoms in total. The summed E-state index contributed by atoms with van der Waals surface area (Å²) in [5.74, 6) is 0.250. The van der Waals surface area contributed by atoms with Crippen LogP contribution in [-0.4, -0.2) is 26.2 Å². The van der Waals surface area contributed by atoms with E-state index in [0.717, 1.165) is 12.1 Å². The van der Waals surface area contributed by atoms with E-state index in [1.165, 1.54) is 23.1 Å². The van der Waals surface area contributed by atoms with Gasteiger partial charge in [-0.25, -0.2) is 4.98 Å². The SMILES string of the molecule is Cn1ncnc1CC(O)c1ccc(OC(F)(F)F)cc1. The van der Waals surface area contributed by atoms with Crippen LogP contribution in [0.15, 0.2) is 30.6 Å². The summed E-state index contributed by atoms with van der Waals surface area (Å²) in [6.45, 7) is 0. The second-order valence-electron chi connectivity index (χ2n) is 4.14. The van der Waals surface area contributed by atoms with Gasteiger partial charge < -0.3 is 9.84 Å². The number of hydrogen-bond acceptors (Lipinski definition) is 4. The lowest BCUT2D eigenvalue weighted by atomic mass is 10.1. The molecule has 1 atom stereocenters. The van der Waals surface area contributed by atoms with E-state index in [2.05, 4.69) is 14.8 Å². The monoisotopic (exact) mass is 287 g/mol. The van der Waals surface area contributed by atoms with Gasteiger partial charge in [0.25, 0.3) is 0 Å². The highest BCUT2D eigenvalue weighted by molar-refractivity contribution is 5.29. The lowest BCUT2D eigenvalue weighted by molar-refractivity contribution is -0.274. The third kappa shape index (κ3) is 3.70. The van der Waals surface area contributed by atoms with E-state index in [0.29, 0.717) is 11.4 Å². The Labute approximate surface area is 112 Å². The molecule has 0 fully saturated rings. The number of aromatic nitrogens is 3. The van der Waals surface area contributed by atoms with Gasteiger partial charge in [0.15, 0.2) is 0 Å². The van der Waals surface area contributed by atoms with Crippen molar-refractivity contribution in [3.05, 3.63) is 42.0 Å². The van der Waals surface area contributed by atoms with Gasteiger partial charge in [-0.3, -0.25) is 4.68 Å². The number of rotatable bonds is 4. The van der Waals surface area contributed by atoms with Crippen molar-refractivity contribution < 1.29 is 23.0 Å². The van der Waals surface area contributed by atoms with Crippen LogP contribution in [-0.2, 0) is 13.5 Å². The van der Waals surface area contributed by atoms with Gasteiger partial charge in [-0.05, 0) is 17.7 Å². The Morgan fingerprint density at radius 1 is 1.30 bits per heavy atom. The van der Waals surface area contributed by atoms with Gasteiger partial charge >= 0.3 is 6.36 Å². The van der Waals surface area contributed by atoms with E-state index >= 15 is 0 Å². The van der Waals surface area contributed by atoms with E-state index < -0.39 is 12.5 Å². The average molecular weight is 287 g/mol. The predicted octanol–water partition coefficient (Wildman–Crippen LogP) is 1.99. The maximum Gasteiger partial charge on any atom is 0.573 e. The lowest BCUT2D eigenvalue weighted by Gasteiger charge is -2.12. The van der Waals surface area contributed by atoms with Crippen LogP contribution in [0.5, 0.6) is 5.75 Å². The topological polar surface area (TPSA) is 60.2 Å². The highest BCUT2D eigenvalue weighted by atomic mass is 19.4. The van der Waals surface area contributed by atoms with Crippen LogP contribution in [0.4, 0.5) is 13.2 Å². The fourth-order valence-electron chi connectivity index (χ4n) is 1.69. The average Bonchev–Trinajstić information content (AvgIpc) is 2.74. The van der Waals surface area contributed by atoms with Crippen molar-refractivity contribution in [2.75, 3.05) is 0 Å². The summed E-state index contributed by atoms with van der Waals surface area (Å²) < 4.78 is 41.3. The number of aliphatic hydroxyl groups is 1. The first-order valence-corrected chi connectivity index (χ1v) is 5.72. The molecule has 1 heterocycles. The third-order valence-electron chi connectivity index (χ3n) is 2.68. The maximum absolute atomic E-state index is 12.0. The molecule has 1 unspecified atom stereocenters. The molecule has 0 bridgehead atoms. The fourth-order valence-corrected chi connectivity index (χ4v) is 1.69. The van der Waals surface area contributed by atoms with Crippen molar-refractivity contribution in [1.82, 2.24) is 14.8 Å². The van der Waals surface area contributed by atoms with Crippen LogP contribution in [0.25, 0.3) is 0 Å². The van der Waals surface area contributed by atoms with Crippen LogP contribution in [0, 0.1) is 0 Å². The molecule has 1 aromatic carbocycles. The zero-order chi connectivity index (χ0) is 14.8. The Hall–Kier alpha value is -2.09. The van der Waals surface area contributed by atoms with Gasteiger partial charge in [-0.1, -0.05) is 12.1 Å². The van der Waals surface area contributed by atoms with E-state index in [4.69, 9.17) is 0 Å². The van der Waals surface area contributed by atoms with Crippen molar-refractivity contribution in [1.29, 1.82) is 0 Å². The molecular weight excluding hydrogens is 275 g/mol. The zero-order valence-corrected chi connectivity index (χ0v) is 10.5. The minimum absolute atomic E-state index is 0.218. The predicted molar refractivity (Wildman–Crippen MR) is 62.8 cm³/mol. The molecule has 1 N–H and O–H groups in total. The number of aryl methyl sites for hydroxylation is 1. The van der Waals surface area contributed by atoms with Crippen molar-refractivity contribution in [3.8, 4) is 5.75 Å². The van der Waals surface area contributed by atoms with Crippen LogP contribution < -0.4 is 4.74 Å². The first kappa shape index (κ1) is 14.3. The van der Waals surface area contributed by atoms with Crippen LogP contribution >= 0.6 is 0 Å². The molecular formula is C12H12F3N3O2. The smallest absolute Gasteiger partial charge is 0.406 e. The number of ether oxygens (including phenoxy) is 1. The highest BCUT2D eigenvalue weighted by Gasteiger charge is 2.31. The lowest BCUT2D eigenvalue weighted by Crippen LogP contribution is -2.17. The summed E-state index contributed by atoms with van der Waals surface area (Å²) in [6, 6.07) is 5.07. The number of aliphatic hydroxyl groups excluding tert-OH is 1. The quantitative estimate of drug-likeness (QED) is 0.934. The first-order chi connectivity index (χ1) is 9.35. The van der Waals surface area contributed by atoms with Gasteiger partial charge in [0.1, 0.15) is 17.9 Å². The van der Waals surface area contributed by atoms with Crippen LogP contribution in [0.3, 0.4) is 0 Å². The molecule has 8 heteroatoms. The molecule has 0 radical (unpaired) electrons. The Bertz CT molecular complexity index is 566. The third-order valence-corrected chi connectivity index (χ3v) is 2.68. The number of hydrogen-bond donors (Lipinski definition) is 1. The molecule has 1 aromatic heterocycles. The van der Waals surface area contributed by atoms with Crippen molar-refractivity contribution in [3.63, 3.8) is 0 Å². The van der Waals surface area contributed by atoms with Gasteiger partial charge in [0, 0.05) is 13.5 Å². The minimum Gasteiger partial charge on any atom is -0.406 e. The molecule has 20 heavy (non-hydrogen) atoms. The number of benzene rings is 1. The Morgan fingerprint density at radius 3 is 2.45 bits per heavy atom. The number of halogens is 3. The van der Waals surface area contributed by atoms with Gasteiger partial charge in [-0.2, -0.15) is 5.10 Å². The minimum atomic E-state index is -4.72. The standard InChI is InChI=1S/C12H12F3N3O2/c1-18-11(16-7-17-18)6-10(19)8-2-4-9(5-3-8)20-12(13,14)15/h2-5,7,10,19H,6H2,1H3. The molecule has 0 aliphatic rings. The first-order valence-electron chi connectivity index (χ1n) is 5.72. The van der Waals surface area contributed by atoms with E-state index in [1.807, 2.05) is 0 Å². The molecule has 0 saturated heterocycles. The maximum atomic E-state index is 12.0. The second-order valence-corrected chi connectivity index (χ2v) is 4.14. The van der Waals surface area contributed by atoms with E-state index in [1.54, 1.807) is 7.05 Å². The summed E-state index contributed by atoms with van der Waals surface area (Å²) >= 11 is 0. The van der Waals surface area contributed by atoms with Crippen LogP contribution in [0.2, 0.25) is 0 Å². The Kier molecular flexibility index (Phi) is 3.93. The summed E-state index contributed by atoms with van der Waals surface area (Å²) in [5.41, 5.74) is 0.475. The van der Waals surface area contributed by atoms with Gasteiger partial charge in [-0.15, -0.1) is 13.2 Å². The normalized spacial score (nSPS) is 13.2. The van der Waals surface area contributed by atoms with Crippen molar-refractivity contribution >= 4 is 0 Å². The summed E-state index contributed by atoms with van der Waals surface area (Å²) in [5, 5.41) is 13.9. The molecule has 0 spiro atoms. The summed E-state index contributed by atoms with van der Waals surface area (Å²) in [4.78, 5) is 3.97. The van der Waals surface area contributed by atoms with Gasteiger partial charge in [0.05, 0.1) is 6.10 Å². The molecule has 108 valence electrons. The largest absolute Gasteiger partial charge is 0.573 e. The number of alkyl halides is 3. The molecule has 0 aliphatic heterocycles. The Balaban J connectivity index is 2.04. The molecule has 2 rings (SSSR count). The molecule has 0 aliphatic carbocycles. The number of nitrogens with zero attached hydrogens (tertiary/aromatic N) is 3. The van der Waals surface area contributed by atoms with E-state index in [9.17, 15) is 18.3 Å². The zero-order valence-electron chi connectivity index (χ0n) is 10.5. The van der Waals surface area contributed by atoms with Crippen molar-refractivity contribution in [2.24, 2.45) is 7.05 Å². The van der Waals surface area contributed by atoms with Gasteiger partial charge in [0.2, 0.25) is 0 Å². The summed E-state index contributed by atoms with van der Waals surface area (Å²) in [7, 11) is 1.69. The Morgan fingerprint density at radius 2 is 1.95 bits per heavy atom. The second kappa shape index (κ2) is 5.49. The summed E-state index contributed by atoms with van der Waals surface area (Å²) in [6.07, 6.45) is -4.02.